The van der Waals surface area contributed by atoms with Gasteiger partial charge in [-0.2, -0.15) is 17.5 Å². The summed E-state index contributed by atoms with van der Waals surface area (Å²) in [6.45, 7) is 5.40. The molecule has 192 valence electrons. The molecule has 3 heterocycles. The van der Waals surface area contributed by atoms with Crippen LogP contribution < -0.4 is 0 Å². The summed E-state index contributed by atoms with van der Waals surface area (Å²) in [7, 11) is -3.45. The molecule has 35 heavy (non-hydrogen) atoms. The Morgan fingerprint density at radius 2 is 1.83 bits per heavy atom. The van der Waals surface area contributed by atoms with Crippen LogP contribution in [0.5, 0.6) is 0 Å². The molecule has 0 bridgehead atoms. The van der Waals surface area contributed by atoms with Crippen molar-refractivity contribution in [3.63, 3.8) is 0 Å². The van der Waals surface area contributed by atoms with Gasteiger partial charge in [0.05, 0.1) is 17.9 Å². The van der Waals surface area contributed by atoms with Gasteiger partial charge in [0, 0.05) is 26.2 Å². The zero-order chi connectivity index (χ0) is 25.4. The summed E-state index contributed by atoms with van der Waals surface area (Å²) in [6.07, 6.45) is -2.14. The molecule has 10 heteroatoms. The summed E-state index contributed by atoms with van der Waals surface area (Å²) < 4.78 is 67.6. The number of piperidine rings is 1. The number of carbonyl (C=O) groups excluding carboxylic acids is 1. The maximum atomic E-state index is 13.5. The average molecular weight is 512 g/mol. The molecule has 3 aliphatic rings. The summed E-state index contributed by atoms with van der Waals surface area (Å²) in [4.78, 5) is 19.5. The van der Waals surface area contributed by atoms with Crippen LogP contribution in [0.2, 0.25) is 0 Å². The number of rotatable bonds is 5. The van der Waals surface area contributed by atoms with E-state index in [1.807, 2.05) is 13.8 Å². The molecule has 1 saturated heterocycles. The predicted molar refractivity (Wildman–Crippen MR) is 129 cm³/mol. The fourth-order valence-corrected chi connectivity index (χ4v) is 7.08. The highest BCUT2D eigenvalue weighted by Gasteiger charge is 2.38. The van der Waals surface area contributed by atoms with E-state index in [1.165, 1.54) is 16.4 Å². The number of halogens is 3. The van der Waals surface area contributed by atoms with Crippen molar-refractivity contribution in [2.45, 2.75) is 51.6 Å². The van der Waals surface area contributed by atoms with Gasteiger partial charge in [0.2, 0.25) is 10.0 Å². The van der Waals surface area contributed by atoms with Gasteiger partial charge in [0.1, 0.15) is 5.71 Å². The number of aliphatic imine (C=N–C) groups is 1. The van der Waals surface area contributed by atoms with E-state index in [-0.39, 0.29) is 35.6 Å². The Morgan fingerprint density at radius 1 is 1.14 bits per heavy atom. The standard InChI is InChI=1S/C25H32F3N3O3S/c1-17(2)16-35(33,34)31-11-5-6-19-14-29-23(21(19)15-31)24(32)30-12-9-18(10-13-30)20-7-3-4-8-22(20)25(26,27)28/h3-4,7-8,17-18H,5-6,9-16H2,1-2H3. The van der Waals surface area contributed by atoms with Gasteiger partial charge in [-0.25, -0.2) is 8.42 Å². The molecule has 0 N–H and O–H groups in total. The fourth-order valence-electron chi connectivity index (χ4n) is 5.29. The SMILES string of the molecule is CC(C)CS(=O)(=O)N1CCCC2=C(C1)C(C(=O)N1CCC(c3ccccc3C(F)(F)F)CC1)=NC2. The van der Waals surface area contributed by atoms with Gasteiger partial charge in [-0.05, 0) is 60.3 Å². The van der Waals surface area contributed by atoms with E-state index in [0.717, 1.165) is 11.6 Å². The monoisotopic (exact) mass is 511 g/mol. The first-order valence-electron chi connectivity index (χ1n) is 12.2. The lowest BCUT2D eigenvalue weighted by atomic mass is 9.86. The van der Waals surface area contributed by atoms with Crippen molar-refractivity contribution >= 4 is 21.6 Å². The molecular formula is C25H32F3N3O3S. The van der Waals surface area contributed by atoms with Gasteiger partial charge < -0.3 is 4.90 Å². The lowest BCUT2D eigenvalue weighted by Gasteiger charge is -2.33. The number of carbonyl (C=O) groups is 1. The molecule has 1 aromatic carbocycles. The van der Waals surface area contributed by atoms with Crippen LogP contribution in [0, 0.1) is 5.92 Å². The molecule has 0 unspecified atom stereocenters. The quantitative estimate of drug-likeness (QED) is 0.594. The maximum absolute atomic E-state index is 13.5. The van der Waals surface area contributed by atoms with Crippen molar-refractivity contribution in [2.75, 3.05) is 38.5 Å². The highest BCUT2D eigenvalue weighted by atomic mass is 32.2. The third-order valence-electron chi connectivity index (χ3n) is 6.99. The van der Waals surface area contributed by atoms with Crippen LogP contribution in [0.1, 0.15) is 56.6 Å². The van der Waals surface area contributed by atoms with Gasteiger partial charge in [0.15, 0.2) is 0 Å². The number of hydrogen-bond donors (Lipinski definition) is 0. The Labute approximate surface area is 204 Å². The van der Waals surface area contributed by atoms with Crippen molar-refractivity contribution in [3.05, 3.63) is 46.5 Å². The van der Waals surface area contributed by atoms with E-state index in [1.54, 1.807) is 11.0 Å². The smallest absolute Gasteiger partial charge is 0.337 e. The number of hydrogen-bond acceptors (Lipinski definition) is 4. The van der Waals surface area contributed by atoms with Crippen molar-refractivity contribution < 1.29 is 26.4 Å². The minimum atomic E-state index is -4.41. The minimum Gasteiger partial charge on any atom is -0.337 e. The Kier molecular flexibility index (Phi) is 7.43. The second kappa shape index (κ2) is 10.0. The molecule has 3 aliphatic heterocycles. The zero-order valence-corrected chi connectivity index (χ0v) is 21.0. The van der Waals surface area contributed by atoms with Gasteiger partial charge in [0.25, 0.3) is 5.91 Å². The largest absolute Gasteiger partial charge is 0.416 e. The number of benzene rings is 1. The first kappa shape index (κ1) is 25.9. The van der Waals surface area contributed by atoms with Crippen LogP contribution in [-0.2, 0) is 21.0 Å². The van der Waals surface area contributed by atoms with E-state index in [9.17, 15) is 26.4 Å². The van der Waals surface area contributed by atoms with Gasteiger partial charge >= 0.3 is 6.18 Å². The molecule has 1 fully saturated rings. The highest BCUT2D eigenvalue weighted by Crippen LogP contribution is 2.39. The van der Waals surface area contributed by atoms with E-state index < -0.39 is 21.8 Å². The molecule has 0 atom stereocenters. The number of alkyl halides is 3. The van der Waals surface area contributed by atoms with E-state index in [4.69, 9.17) is 0 Å². The summed E-state index contributed by atoms with van der Waals surface area (Å²) in [5.74, 6) is -0.464. The molecule has 0 aliphatic carbocycles. The van der Waals surface area contributed by atoms with Crippen molar-refractivity contribution in [2.24, 2.45) is 10.9 Å². The van der Waals surface area contributed by atoms with E-state index in [2.05, 4.69) is 4.99 Å². The summed E-state index contributed by atoms with van der Waals surface area (Å²) in [6, 6.07) is 5.65. The molecule has 1 aromatic rings. The topological polar surface area (TPSA) is 70.1 Å². The highest BCUT2D eigenvalue weighted by molar-refractivity contribution is 7.89. The average Bonchev–Trinajstić information content (AvgIpc) is 3.06. The second-order valence-electron chi connectivity index (χ2n) is 10.0. The molecular weight excluding hydrogens is 479 g/mol. The van der Waals surface area contributed by atoms with Crippen LogP contribution >= 0.6 is 0 Å². The normalized spacial score (nSPS) is 20.7. The maximum Gasteiger partial charge on any atom is 0.416 e. The minimum absolute atomic E-state index is 0.00109. The van der Waals surface area contributed by atoms with Crippen molar-refractivity contribution in [1.29, 1.82) is 0 Å². The summed E-state index contributed by atoms with van der Waals surface area (Å²) >= 11 is 0. The first-order chi connectivity index (χ1) is 16.5. The van der Waals surface area contributed by atoms with Gasteiger partial charge in [-0.15, -0.1) is 0 Å². The predicted octanol–water partition coefficient (Wildman–Crippen LogP) is 4.24. The van der Waals surface area contributed by atoms with E-state index in [0.29, 0.717) is 63.1 Å². The van der Waals surface area contributed by atoms with Crippen molar-refractivity contribution in [1.82, 2.24) is 9.21 Å². The number of nitrogens with zero attached hydrogens (tertiary/aromatic N) is 3. The molecule has 0 radical (unpaired) electrons. The Bertz CT molecular complexity index is 1130. The number of sulfonamides is 1. The summed E-state index contributed by atoms with van der Waals surface area (Å²) in [5, 5.41) is 0. The lowest BCUT2D eigenvalue weighted by molar-refractivity contribution is -0.138. The molecule has 0 spiro atoms. The molecule has 0 saturated carbocycles. The third-order valence-corrected chi connectivity index (χ3v) is 9.18. The fraction of sp³-hybridized carbons (Fsp3) is 0.600. The van der Waals surface area contributed by atoms with E-state index >= 15 is 0 Å². The van der Waals surface area contributed by atoms with Crippen LogP contribution in [0.15, 0.2) is 40.4 Å². The molecule has 4 rings (SSSR count). The molecule has 1 amide bonds. The Morgan fingerprint density at radius 3 is 2.49 bits per heavy atom. The molecule has 6 nitrogen and oxygen atoms in total. The Balaban J connectivity index is 1.45. The van der Waals surface area contributed by atoms with Gasteiger partial charge in [-0.3, -0.25) is 9.79 Å². The number of likely N-dealkylation sites (tertiary alicyclic amines) is 1. The van der Waals surface area contributed by atoms with Crippen LogP contribution in [-0.4, -0.2) is 67.7 Å². The lowest BCUT2D eigenvalue weighted by Crippen LogP contribution is -2.44. The third kappa shape index (κ3) is 5.63. The molecule has 0 aromatic heterocycles. The van der Waals surface area contributed by atoms with Crippen LogP contribution in [0.3, 0.4) is 0 Å². The second-order valence-corrected chi connectivity index (χ2v) is 12.0. The first-order valence-corrected chi connectivity index (χ1v) is 13.8. The van der Waals surface area contributed by atoms with Crippen LogP contribution in [0.25, 0.3) is 0 Å². The van der Waals surface area contributed by atoms with Crippen LogP contribution in [0.4, 0.5) is 13.2 Å². The zero-order valence-electron chi connectivity index (χ0n) is 20.1. The van der Waals surface area contributed by atoms with Gasteiger partial charge in [-0.1, -0.05) is 32.0 Å². The number of amides is 1. The summed E-state index contributed by atoms with van der Waals surface area (Å²) in [5.41, 5.74) is 1.72. The van der Waals surface area contributed by atoms with Crippen molar-refractivity contribution in [3.8, 4) is 0 Å². The Hall–Kier alpha value is -2.20.